The van der Waals surface area contributed by atoms with Crippen molar-refractivity contribution in [2.45, 2.75) is 6.42 Å². The molecule has 8 heteroatoms. The minimum absolute atomic E-state index is 0.164. The summed E-state index contributed by atoms with van der Waals surface area (Å²) < 4.78 is 21.6. The second-order valence-corrected chi connectivity index (χ2v) is 6.64. The summed E-state index contributed by atoms with van der Waals surface area (Å²) in [6, 6.07) is 14.2. The molecule has 0 saturated heterocycles. The largest absolute Gasteiger partial charge is 0.496 e. The first-order valence-electron chi connectivity index (χ1n) is 8.76. The number of nitrogens with zero attached hydrogens (tertiary/aromatic N) is 1. The maximum Gasteiger partial charge on any atom is 0.244 e. The summed E-state index contributed by atoms with van der Waals surface area (Å²) in [6.07, 6.45) is 1.59. The molecule has 1 aromatic heterocycles. The maximum atomic E-state index is 12.1. The van der Waals surface area contributed by atoms with Crippen molar-refractivity contribution in [3.63, 3.8) is 0 Å². The van der Waals surface area contributed by atoms with E-state index in [1.54, 1.807) is 49.6 Å². The first-order chi connectivity index (χ1) is 14.1. The molecule has 0 radical (unpaired) electrons. The SMILES string of the molecule is COc1ccc(Cl)cc1-c1ccc(/C=N\NC(=O)Cc2ccc3c(c2)OCO3)o1. The van der Waals surface area contributed by atoms with E-state index in [-0.39, 0.29) is 19.1 Å². The van der Waals surface area contributed by atoms with Crippen LogP contribution in [0.15, 0.2) is 58.0 Å². The molecule has 0 unspecified atom stereocenters. The van der Waals surface area contributed by atoms with E-state index in [2.05, 4.69) is 10.5 Å². The quantitative estimate of drug-likeness (QED) is 0.488. The lowest BCUT2D eigenvalue weighted by molar-refractivity contribution is -0.120. The van der Waals surface area contributed by atoms with Gasteiger partial charge < -0.3 is 18.6 Å². The minimum Gasteiger partial charge on any atom is -0.496 e. The van der Waals surface area contributed by atoms with Gasteiger partial charge in [-0.05, 0) is 48.0 Å². The third-order valence-corrected chi connectivity index (χ3v) is 4.47. The van der Waals surface area contributed by atoms with E-state index >= 15 is 0 Å². The highest BCUT2D eigenvalue weighted by Crippen LogP contribution is 2.34. The van der Waals surface area contributed by atoms with Gasteiger partial charge in [0, 0.05) is 5.02 Å². The van der Waals surface area contributed by atoms with Gasteiger partial charge in [-0.2, -0.15) is 5.10 Å². The van der Waals surface area contributed by atoms with Gasteiger partial charge in [-0.1, -0.05) is 17.7 Å². The summed E-state index contributed by atoms with van der Waals surface area (Å²) in [5.74, 6) is 2.76. The van der Waals surface area contributed by atoms with Gasteiger partial charge in [-0.25, -0.2) is 5.43 Å². The van der Waals surface area contributed by atoms with E-state index in [1.807, 2.05) is 6.07 Å². The fraction of sp³-hybridized carbons (Fsp3) is 0.143. The lowest BCUT2D eigenvalue weighted by atomic mass is 10.1. The molecular weight excluding hydrogens is 396 g/mol. The molecule has 2 aromatic carbocycles. The van der Waals surface area contributed by atoms with Crippen LogP contribution in [0.5, 0.6) is 17.2 Å². The van der Waals surface area contributed by atoms with Gasteiger partial charge in [-0.3, -0.25) is 4.79 Å². The van der Waals surface area contributed by atoms with Crippen LogP contribution in [0.1, 0.15) is 11.3 Å². The summed E-state index contributed by atoms with van der Waals surface area (Å²) in [7, 11) is 1.58. The highest BCUT2D eigenvalue weighted by Gasteiger charge is 2.14. The number of benzene rings is 2. The number of amides is 1. The Bertz CT molecular complexity index is 1080. The molecule has 4 rings (SSSR count). The zero-order chi connectivity index (χ0) is 20.2. The van der Waals surface area contributed by atoms with E-state index < -0.39 is 0 Å². The Balaban J connectivity index is 1.38. The third-order valence-electron chi connectivity index (χ3n) is 4.24. The van der Waals surface area contributed by atoms with Gasteiger partial charge in [0.25, 0.3) is 0 Å². The van der Waals surface area contributed by atoms with Gasteiger partial charge in [0.05, 0.1) is 25.3 Å². The van der Waals surface area contributed by atoms with Crippen LogP contribution in [-0.2, 0) is 11.2 Å². The number of fused-ring (bicyclic) bond motifs is 1. The van der Waals surface area contributed by atoms with Crippen molar-refractivity contribution < 1.29 is 23.4 Å². The number of methoxy groups -OCH3 is 1. The number of hydrogen-bond donors (Lipinski definition) is 1. The average molecular weight is 413 g/mol. The van der Waals surface area contributed by atoms with Crippen LogP contribution in [-0.4, -0.2) is 26.0 Å². The van der Waals surface area contributed by atoms with Gasteiger partial charge in [-0.15, -0.1) is 0 Å². The molecule has 0 fully saturated rings. The fourth-order valence-electron chi connectivity index (χ4n) is 2.88. The molecule has 1 aliphatic heterocycles. The highest BCUT2D eigenvalue weighted by atomic mass is 35.5. The molecule has 1 amide bonds. The van der Waals surface area contributed by atoms with E-state index in [9.17, 15) is 4.79 Å². The monoisotopic (exact) mass is 412 g/mol. The van der Waals surface area contributed by atoms with E-state index in [1.165, 1.54) is 6.21 Å². The number of furan rings is 1. The minimum atomic E-state index is -0.261. The Morgan fingerprint density at radius 3 is 2.90 bits per heavy atom. The molecule has 0 atom stereocenters. The van der Waals surface area contributed by atoms with Crippen molar-refractivity contribution in [1.29, 1.82) is 0 Å². The highest BCUT2D eigenvalue weighted by molar-refractivity contribution is 6.30. The van der Waals surface area contributed by atoms with Crippen LogP contribution in [0.2, 0.25) is 5.02 Å². The number of nitrogens with one attached hydrogen (secondary N) is 1. The molecule has 1 aliphatic rings. The molecular formula is C21H17ClN2O5. The van der Waals surface area contributed by atoms with Crippen LogP contribution in [0.4, 0.5) is 0 Å². The average Bonchev–Trinajstić information content (AvgIpc) is 3.37. The van der Waals surface area contributed by atoms with Gasteiger partial charge >= 0.3 is 0 Å². The Labute approximate surface area is 171 Å². The molecule has 7 nitrogen and oxygen atoms in total. The van der Waals surface area contributed by atoms with Gasteiger partial charge in [0.1, 0.15) is 17.3 Å². The number of rotatable bonds is 6. The second-order valence-electron chi connectivity index (χ2n) is 6.20. The first-order valence-corrected chi connectivity index (χ1v) is 9.14. The molecule has 1 N–H and O–H groups in total. The Morgan fingerprint density at radius 2 is 2.03 bits per heavy atom. The second kappa shape index (κ2) is 8.28. The summed E-state index contributed by atoms with van der Waals surface area (Å²) in [5.41, 5.74) is 4.01. The molecule has 0 spiro atoms. The zero-order valence-electron chi connectivity index (χ0n) is 15.5. The zero-order valence-corrected chi connectivity index (χ0v) is 16.2. The third kappa shape index (κ3) is 4.35. The van der Waals surface area contributed by atoms with Crippen molar-refractivity contribution in [3.8, 4) is 28.6 Å². The van der Waals surface area contributed by atoms with E-state index in [0.717, 1.165) is 11.1 Å². The maximum absolute atomic E-state index is 12.1. The normalized spacial score (nSPS) is 12.3. The molecule has 148 valence electrons. The molecule has 0 aliphatic carbocycles. The lowest BCUT2D eigenvalue weighted by Crippen LogP contribution is -2.19. The van der Waals surface area contributed by atoms with Gasteiger partial charge in [0.15, 0.2) is 11.5 Å². The van der Waals surface area contributed by atoms with Crippen molar-refractivity contribution in [2.24, 2.45) is 5.10 Å². The van der Waals surface area contributed by atoms with Crippen molar-refractivity contribution >= 4 is 23.7 Å². The predicted octanol–water partition coefficient (Wildman–Crippen LogP) is 4.03. The van der Waals surface area contributed by atoms with Crippen LogP contribution >= 0.6 is 11.6 Å². The van der Waals surface area contributed by atoms with Crippen LogP contribution in [0.3, 0.4) is 0 Å². The van der Waals surface area contributed by atoms with Crippen LogP contribution in [0.25, 0.3) is 11.3 Å². The summed E-state index contributed by atoms with van der Waals surface area (Å²) in [6.45, 7) is 0.196. The topological polar surface area (TPSA) is 82.3 Å². The molecule has 29 heavy (non-hydrogen) atoms. The van der Waals surface area contributed by atoms with Crippen molar-refractivity contribution in [2.75, 3.05) is 13.9 Å². The van der Waals surface area contributed by atoms with Crippen LogP contribution in [0, 0.1) is 0 Å². The number of carbonyl (C=O) groups excluding carboxylic acids is 1. The summed E-state index contributed by atoms with van der Waals surface area (Å²) in [5, 5.41) is 4.52. The predicted molar refractivity (Wildman–Crippen MR) is 108 cm³/mol. The van der Waals surface area contributed by atoms with Crippen LogP contribution < -0.4 is 19.6 Å². The molecule has 0 bridgehead atoms. The smallest absolute Gasteiger partial charge is 0.244 e. The number of halogens is 1. The van der Waals surface area contributed by atoms with E-state index in [4.69, 9.17) is 30.2 Å². The van der Waals surface area contributed by atoms with Crippen molar-refractivity contribution in [1.82, 2.24) is 5.43 Å². The molecule has 2 heterocycles. The standard InChI is InChI=1S/C21H17ClN2O5/c1-26-17-6-3-14(22)10-16(17)18-7-4-15(29-18)11-23-24-21(25)9-13-2-5-19-20(8-13)28-12-27-19/h2-8,10-11H,9,12H2,1H3,(H,24,25)/b23-11-. The lowest BCUT2D eigenvalue weighted by Gasteiger charge is -2.06. The molecule has 3 aromatic rings. The summed E-state index contributed by atoms with van der Waals surface area (Å²) in [4.78, 5) is 12.1. The Kier molecular flexibility index (Phi) is 5.39. The molecule has 0 saturated carbocycles. The summed E-state index contributed by atoms with van der Waals surface area (Å²) >= 11 is 6.06. The fourth-order valence-corrected chi connectivity index (χ4v) is 3.06. The van der Waals surface area contributed by atoms with Gasteiger partial charge in [0.2, 0.25) is 12.7 Å². The Hall–Kier alpha value is -3.45. The Morgan fingerprint density at radius 1 is 1.17 bits per heavy atom. The number of ether oxygens (including phenoxy) is 3. The van der Waals surface area contributed by atoms with Crippen molar-refractivity contribution in [3.05, 3.63) is 64.9 Å². The number of carbonyl (C=O) groups is 1. The number of hydrogen-bond acceptors (Lipinski definition) is 6. The first kappa shape index (κ1) is 18.9. The number of hydrazone groups is 1. The van der Waals surface area contributed by atoms with E-state index in [0.29, 0.717) is 33.8 Å².